The highest BCUT2D eigenvalue weighted by atomic mass is 32.2. The molecule has 6 nitrogen and oxygen atoms in total. The van der Waals surface area contributed by atoms with E-state index in [2.05, 4.69) is 10.6 Å². The average molecular weight is 250 g/mol. The van der Waals surface area contributed by atoms with Crippen molar-refractivity contribution in [1.82, 2.24) is 10.6 Å². The normalized spacial score (nSPS) is 15.9. The van der Waals surface area contributed by atoms with Crippen molar-refractivity contribution < 1.29 is 18.9 Å². The summed E-state index contributed by atoms with van der Waals surface area (Å²) in [5.41, 5.74) is 0. The van der Waals surface area contributed by atoms with Gasteiger partial charge in [-0.1, -0.05) is 6.92 Å². The molecule has 2 amide bonds. The lowest BCUT2D eigenvalue weighted by atomic mass is 10.2. The second-order valence-corrected chi connectivity index (χ2v) is 5.04. The Morgan fingerprint density at radius 1 is 1.38 bits per heavy atom. The molecule has 0 saturated heterocycles. The molecule has 0 aromatic rings. The van der Waals surface area contributed by atoms with E-state index in [1.165, 1.54) is 0 Å². The van der Waals surface area contributed by atoms with Gasteiger partial charge in [0.25, 0.3) is 0 Å². The molecule has 0 aromatic heterocycles. The lowest BCUT2D eigenvalue weighted by molar-refractivity contribution is -0.139. The Labute approximate surface area is 97.3 Å². The van der Waals surface area contributed by atoms with Crippen molar-refractivity contribution in [3.8, 4) is 0 Å². The van der Waals surface area contributed by atoms with Gasteiger partial charge in [0.05, 0.1) is 0 Å². The van der Waals surface area contributed by atoms with Crippen LogP contribution in [0.1, 0.15) is 20.3 Å². The van der Waals surface area contributed by atoms with E-state index < -0.39 is 28.8 Å². The Morgan fingerprint density at radius 2 is 1.94 bits per heavy atom. The summed E-state index contributed by atoms with van der Waals surface area (Å²) < 4.78 is 10.9. The van der Waals surface area contributed by atoms with E-state index in [9.17, 15) is 13.8 Å². The number of carbonyl (C=O) groups excluding carboxylic acids is 1. The lowest BCUT2D eigenvalue weighted by Gasteiger charge is -2.16. The molecular weight excluding hydrogens is 232 g/mol. The molecule has 0 saturated carbocycles. The summed E-state index contributed by atoms with van der Waals surface area (Å²) in [6.45, 7) is 3.38. The van der Waals surface area contributed by atoms with E-state index in [4.69, 9.17) is 5.11 Å². The Balaban J connectivity index is 4.06. The van der Waals surface area contributed by atoms with Crippen LogP contribution in [0.25, 0.3) is 0 Å². The van der Waals surface area contributed by atoms with Gasteiger partial charge in [-0.05, 0) is 13.3 Å². The number of aliphatic carboxylic acids is 1. The van der Waals surface area contributed by atoms with Crippen LogP contribution in [0, 0.1) is 0 Å². The average Bonchev–Trinajstić information content (AvgIpc) is 2.11. The van der Waals surface area contributed by atoms with Crippen molar-refractivity contribution in [3.05, 3.63) is 0 Å². The molecule has 7 heteroatoms. The molecule has 0 aromatic carbocycles. The smallest absolute Gasteiger partial charge is 0.326 e. The lowest BCUT2D eigenvalue weighted by Crippen LogP contribution is -2.49. The first-order valence-corrected chi connectivity index (χ1v) is 6.69. The highest BCUT2D eigenvalue weighted by Crippen LogP contribution is 1.91. The molecule has 0 aliphatic rings. The summed E-state index contributed by atoms with van der Waals surface area (Å²) >= 11 is 0. The van der Waals surface area contributed by atoms with E-state index in [0.29, 0.717) is 12.2 Å². The molecule has 0 fully saturated rings. The number of carboxylic acid groups (broad SMARTS) is 1. The number of hydrogen-bond donors (Lipinski definition) is 3. The monoisotopic (exact) mass is 250 g/mol. The summed E-state index contributed by atoms with van der Waals surface area (Å²) in [5, 5.41) is 13.6. The first-order valence-electron chi connectivity index (χ1n) is 4.96. The van der Waals surface area contributed by atoms with Crippen molar-refractivity contribution in [2.45, 2.75) is 32.4 Å². The van der Waals surface area contributed by atoms with Gasteiger partial charge in [0, 0.05) is 28.9 Å². The van der Waals surface area contributed by atoms with E-state index in [1.807, 2.05) is 0 Å². The predicted molar refractivity (Wildman–Crippen MR) is 61.8 cm³/mol. The first kappa shape index (κ1) is 14.9. The molecule has 0 heterocycles. The minimum Gasteiger partial charge on any atom is -0.480 e. The summed E-state index contributed by atoms with van der Waals surface area (Å²) in [6.07, 6.45) is 1.86. The first-order chi connectivity index (χ1) is 7.36. The van der Waals surface area contributed by atoms with Crippen molar-refractivity contribution in [2.24, 2.45) is 0 Å². The third-order valence-corrected chi connectivity index (χ3v) is 2.84. The van der Waals surface area contributed by atoms with E-state index in [1.54, 1.807) is 20.1 Å². The summed E-state index contributed by atoms with van der Waals surface area (Å²) in [5.74, 6) is -0.721. The van der Waals surface area contributed by atoms with Crippen LogP contribution in [0.2, 0.25) is 0 Å². The highest BCUT2D eigenvalue weighted by Gasteiger charge is 2.18. The van der Waals surface area contributed by atoms with Crippen molar-refractivity contribution in [1.29, 1.82) is 0 Å². The molecule has 2 unspecified atom stereocenters. The van der Waals surface area contributed by atoms with E-state index >= 15 is 0 Å². The molecule has 0 radical (unpaired) electrons. The Kier molecular flexibility index (Phi) is 6.71. The highest BCUT2D eigenvalue weighted by molar-refractivity contribution is 7.84. The van der Waals surface area contributed by atoms with Gasteiger partial charge >= 0.3 is 12.0 Å². The van der Waals surface area contributed by atoms with Crippen LogP contribution >= 0.6 is 0 Å². The molecule has 16 heavy (non-hydrogen) atoms. The van der Waals surface area contributed by atoms with Gasteiger partial charge in [0.15, 0.2) is 0 Å². The number of nitrogens with one attached hydrogen (secondary N) is 2. The standard InChI is InChI=1S/C9H18N2O4S/c1-4-7(8(12)13)11-9(14)10-6(2)5-16(3)15/h6-7H,4-5H2,1-3H3,(H,12,13)(H2,10,11,14)/t6?,7-,16?/m1/s1. The zero-order chi connectivity index (χ0) is 12.7. The molecule has 3 N–H and O–H groups in total. The van der Waals surface area contributed by atoms with Gasteiger partial charge in [-0.25, -0.2) is 9.59 Å². The number of hydrogen-bond acceptors (Lipinski definition) is 3. The van der Waals surface area contributed by atoms with Gasteiger partial charge in [-0.3, -0.25) is 4.21 Å². The van der Waals surface area contributed by atoms with E-state index in [0.717, 1.165) is 0 Å². The summed E-state index contributed by atoms with van der Waals surface area (Å²) in [4.78, 5) is 22.0. The van der Waals surface area contributed by atoms with Gasteiger partial charge in [-0.2, -0.15) is 0 Å². The largest absolute Gasteiger partial charge is 0.480 e. The predicted octanol–water partition coefficient (Wildman–Crippen LogP) is -0.0842. The topological polar surface area (TPSA) is 95.5 Å². The summed E-state index contributed by atoms with van der Waals surface area (Å²) in [7, 11) is -0.994. The van der Waals surface area contributed by atoms with Crippen LogP contribution in [0.3, 0.4) is 0 Å². The van der Waals surface area contributed by atoms with Crippen LogP contribution < -0.4 is 10.6 Å². The fraction of sp³-hybridized carbons (Fsp3) is 0.778. The second kappa shape index (κ2) is 7.21. The number of amides is 2. The molecule has 0 aliphatic heterocycles. The van der Waals surface area contributed by atoms with Crippen LogP contribution in [0.4, 0.5) is 4.79 Å². The van der Waals surface area contributed by atoms with E-state index in [-0.39, 0.29) is 6.04 Å². The maximum atomic E-state index is 11.3. The van der Waals surface area contributed by atoms with Crippen LogP contribution in [0.15, 0.2) is 0 Å². The molecule has 0 aliphatic carbocycles. The molecular formula is C9H18N2O4S. The van der Waals surface area contributed by atoms with Gasteiger partial charge in [0.2, 0.25) is 0 Å². The van der Waals surface area contributed by atoms with Crippen molar-refractivity contribution >= 4 is 22.8 Å². The van der Waals surface area contributed by atoms with Gasteiger partial charge < -0.3 is 15.7 Å². The minimum absolute atomic E-state index is 0.253. The molecule has 0 bridgehead atoms. The van der Waals surface area contributed by atoms with Gasteiger partial charge in [0.1, 0.15) is 6.04 Å². The quantitative estimate of drug-likeness (QED) is 0.614. The second-order valence-electron chi connectivity index (χ2n) is 3.56. The van der Waals surface area contributed by atoms with Crippen molar-refractivity contribution in [3.63, 3.8) is 0 Å². The van der Waals surface area contributed by atoms with Crippen LogP contribution in [0.5, 0.6) is 0 Å². The van der Waals surface area contributed by atoms with Crippen LogP contribution in [-0.4, -0.2) is 45.4 Å². The maximum absolute atomic E-state index is 11.3. The third-order valence-electron chi connectivity index (χ3n) is 1.87. The number of carbonyl (C=O) groups is 2. The van der Waals surface area contributed by atoms with Crippen molar-refractivity contribution in [2.75, 3.05) is 12.0 Å². The zero-order valence-electron chi connectivity index (χ0n) is 9.65. The number of urea groups is 1. The fourth-order valence-corrected chi connectivity index (χ4v) is 1.94. The Bertz CT molecular complexity index is 283. The van der Waals surface area contributed by atoms with Gasteiger partial charge in [-0.15, -0.1) is 0 Å². The minimum atomic E-state index is -1.07. The zero-order valence-corrected chi connectivity index (χ0v) is 10.5. The Morgan fingerprint density at radius 3 is 2.31 bits per heavy atom. The molecule has 0 spiro atoms. The number of rotatable bonds is 6. The summed E-state index contributed by atoms with van der Waals surface area (Å²) in [6, 6.07) is -1.69. The third kappa shape index (κ3) is 6.39. The maximum Gasteiger partial charge on any atom is 0.326 e. The molecule has 0 rings (SSSR count). The van der Waals surface area contributed by atoms with Crippen LogP contribution in [-0.2, 0) is 15.6 Å². The fourth-order valence-electron chi connectivity index (χ4n) is 1.16. The molecule has 3 atom stereocenters. The number of carboxylic acids is 1. The SMILES string of the molecule is CC[C@@H](NC(=O)NC(C)CS(C)=O)C(=O)O. The Hall–Kier alpha value is -1.11. The molecule has 94 valence electrons.